The molecule has 0 saturated carbocycles. The summed E-state index contributed by atoms with van der Waals surface area (Å²) in [5.74, 6) is 0. The van der Waals surface area contributed by atoms with Crippen LogP contribution in [0.15, 0.2) is 70.0 Å². The Morgan fingerprint density at radius 2 is 1.61 bits per heavy atom. The summed E-state index contributed by atoms with van der Waals surface area (Å²) in [6, 6.07) is 18.9. The fraction of sp³-hybridized carbons (Fsp3) is 0.111. The zero-order chi connectivity index (χ0) is 16.0. The van der Waals surface area contributed by atoms with E-state index >= 15 is 0 Å². The van der Waals surface area contributed by atoms with Crippen molar-refractivity contribution in [3.8, 4) is 0 Å². The Morgan fingerprint density at radius 1 is 0.870 bits per heavy atom. The van der Waals surface area contributed by atoms with E-state index < -0.39 is 10.0 Å². The molecule has 0 amide bonds. The van der Waals surface area contributed by atoms with E-state index in [1.165, 1.54) is 0 Å². The second-order valence-electron chi connectivity index (χ2n) is 5.66. The van der Waals surface area contributed by atoms with Crippen molar-refractivity contribution >= 4 is 36.7 Å². The standard InChI is InChI=1S/C18H14BrNO2S/c19-16-9-8-14-11-20(12-15(14)10-16)23(21,22)18-7-3-5-13-4-1-2-6-17(13)18/h1-10H,11-12H2. The highest BCUT2D eigenvalue weighted by molar-refractivity contribution is 9.10. The first-order valence-corrected chi connectivity index (χ1v) is 9.54. The summed E-state index contributed by atoms with van der Waals surface area (Å²) in [5, 5.41) is 1.71. The third-order valence-corrected chi connectivity index (χ3v) is 6.57. The monoisotopic (exact) mass is 387 g/mol. The van der Waals surface area contributed by atoms with Gasteiger partial charge in [-0.15, -0.1) is 0 Å². The fourth-order valence-electron chi connectivity index (χ4n) is 3.06. The second kappa shape index (κ2) is 5.44. The summed E-state index contributed by atoms with van der Waals surface area (Å²) in [6.07, 6.45) is 0. The summed E-state index contributed by atoms with van der Waals surface area (Å²) >= 11 is 3.44. The zero-order valence-corrected chi connectivity index (χ0v) is 14.6. The third-order valence-electron chi connectivity index (χ3n) is 4.23. The molecule has 0 aromatic heterocycles. The minimum absolute atomic E-state index is 0.377. The van der Waals surface area contributed by atoms with Gasteiger partial charge in [0.25, 0.3) is 0 Å². The summed E-state index contributed by atoms with van der Waals surface area (Å²) in [7, 11) is -3.53. The van der Waals surface area contributed by atoms with Gasteiger partial charge in [0.05, 0.1) is 4.90 Å². The first kappa shape index (κ1) is 14.9. The van der Waals surface area contributed by atoms with Crippen LogP contribution in [0.2, 0.25) is 0 Å². The maximum Gasteiger partial charge on any atom is 0.244 e. The summed E-state index contributed by atoms with van der Waals surface area (Å²) in [5.41, 5.74) is 2.13. The average Bonchev–Trinajstić information content (AvgIpc) is 2.98. The van der Waals surface area contributed by atoms with Gasteiger partial charge >= 0.3 is 0 Å². The van der Waals surface area contributed by atoms with Crippen molar-refractivity contribution < 1.29 is 8.42 Å². The van der Waals surface area contributed by atoms with Crippen LogP contribution in [-0.2, 0) is 23.1 Å². The first-order chi connectivity index (χ1) is 11.1. The quantitative estimate of drug-likeness (QED) is 0.656. The molecule has 116 valence electrons. The number of sulfonamides is 1. The number of benzene rings is 3. The third kappa shape index (κ3) is 2.49. The SMILES string of the molecule is O=S(=O)(c1cccc2ccccc12)N1Cc2ccc(Br)cc2C1. The van der Waals surface area contributed by atoms with Crippen molar-refractivity contribution in [2.45, 2.75) is 18.0 Å². The van der Waals surface area contributed by atoms with Crippen LogP contribution in [0, 0.1) is 0 Å². The van der Waals surface area contributed by atoms with E-state index in [9.17, 15) is 8.42 Å². The molecule has 0 atom stereocenters. The lowest BCUT2D eigenvalue weighted by Crippen LogP contribution is -2.25. The highest BCUT2D eigenvalue weighted by Gasteiger charge is 2.31. The van der Waals surface area contributed by atoms with Crippen LogP contribution in [0.3, 0.4) is 0 Å². The number of rotatable bonds is 2. The van der Waals surface area contributed by atoms with Crippen LogP contribution < -0.4 is 0 Å². The number of hydrogen-bond donors (Lipinski definition) is 0. The summed E-state index contributed by atoms with van der Waals surface area (Å²) in [4.78, 5) is 0.377. The van der Waals surface area contributed by atoms with Crippen molar-refractivity contribution in [2.75, 3.05) is 0 Å². The Labute approximate surface area is 143 Å². The Bertz CT molecular complexity index is 1010. The predicted molar refractivity (Wildman–Crippen MR) is 94.5 cm³/mol. The van der Waals surface area contributed by atoms with Crippen molar-refractivity contribution in [1.82, 2.24) is 4.31 Å². The molecule has 0 radical (unpaired) electrons. The fourth-order valence-corrected chi connectivity index (χ4v) is 5.08. The van der Waals surface area contributed by atoms with Crippen LogP contribution in [0.1, 0.15) is 11.1 Å². The topological polar surface area (TPSA) is 37.4 Å². The van der Waals surface area contributed by atoms with E-state index in [0.29, 0.717) is 18.0 Å². The second-order valence-corrected chi connectivity index (χ2v) is 8.49. The van der Waals surface area contributed by atoms with Crippen molar-refractivity contribution in [2.24, 2.45) is 0 Å². The molecule has 23 heavy (non-hydrogen) atoms. The van der Waals surface area contributed by atoms with E-state index in [-0.39, 0.29) is 0 Å². The number of hydrogen-bond acceptors (Lipinski definition) is 2. The van der Waals surface area contributed by atoms with Crippen molar-refractivity contribution in [1.29, 1.82) is 0 Å². The van der Waals surface area contributed by atoms with Gasteiger partial charge in [-0.05, 0) is 34.7 Å². The molecule has 3 aromatic carbocycles. The molecule has 0 N–H and O–H groups in total. The number of nitrogens with zero attached hydrogens (tertiary/aromatic N) is 1. The van der Waals surface area contributed by atoms with Gasteiger partial charge in [-0.1, -0.05) is 58.4 Å². The molecule has 0 bridgehead atoms. The van der Waals surface area contributed by atoms with Crippen molar-refractivity contribution in [3.63, 3.8) is 0 Å². The molecule has 0 fully saturated rings. The molecule has 0 aliphatic carbocycles. The molecular formula is C18H14BrNO2S. The Hall–Kier alpha value is -1.69. The largest absolute Gasteiger partial charge is 0.244 e. The number of fused-ring (bicyclic) bond motifs is 2. The first-order valence-electron chi connectivity index (χ1n) is 7.31. The molecule has 3 aromatic rings. The van der Waals surface area contributed by atoms with Gasteiger partial charge in [0.2, 0.25) is 10.0 Å². The van der Waals surface area contributed by atoms with Crippen LogP contribution in [0.4, 0.5) is 0 Å². The lowest BCUT2D eigenvalue weighted by Gasteiger charge is -2.17. The van der Waals surface area contributed by atoms with Crippen molar-refractivity contribution in [3.05, 3.63) is 76.3 Å². The molecule has 0 spiro atoms. The lowest BCUT2D eigenvalue weighted by atomic mass is 10.1. The van der Waals surface area contributed by atoms with Crippen LogP contribution in [0.25, 0.3) is 10.8 Å². The molecule has 1 aliphatic heterocycles. The Morgan fingerprint density at radius 3 is 2.48 bits per heavy atom. The molecule has 1 heterocycles. The minimum atomic E-state index is -3.53. The van der Waals surface area contributed by atoms with Gasteiger partial charge in [-0.2, -0.15) is 4.31 Å². The van der Waals surface area contributed by atoms with Gasteiger partial charge in [0, 0.05) is 22.9 Å². The smallest absolute Gasteiger partial charge is 0.207 e. The minimum Gasteiger partial charge on any atom is -0.207 e. The molecule has 0 saturated heterocycles. The molecule has 0 unspecified atom stereocenters. The summed E-state index contributed by atoms with van der Waals surface area (Å²) in [6.45, 7) is 0.842. The van der Waals surface area contributed by atoms with Gasteiger partial charge in [-0.25, -0.2) is 8.42 Å². The highest BCUT2D eigenvalue weighted by Crippen LogP contribution is 2.32. The van der Waals surface area contributed by atoms with Crippen LogP contribution in [-0.4, -0.2) is 12.7 Å². The molecule has 5 heteroatoms. The Balaban J connectivity index is 1.80. The van der Waals surface area contributed by atoms with Gasteiger partial charge in [0.1, 0.15) is 0 Å². The van der Waals surface area contributed by atoms with Crippen LogP contribution in [0.5, 0.6) is 0 Å². The predicted octanol–water partition coefficient (Wildman–Crippen LogP) is 4.31. The molecule has 1 aliphatic rings. The van der Waals surface area contributed by atoms with Gasteiger partial charge in [0.15, 0.2) is 0 Å². The van der Waals surface area contributed by atoms with Crippen LogP contribution >= 0.6 is 15.9 Å². The highest BCUT2D eigenvalue weighted by atomic mass is 79.9. The average molecular weight is 388 g/mol. The van der Waals surface area contributed by atoms with E-state index in [1.54, 1.807) is 16.4 Å². The maximum absolute atomic E-state index is 13.1. The lowest BCUT2D eigenvalue weighted by molar-refractivity contribution is 0.432. The van der Waals surface area contributed by atoms with E-state index in [1.807, 2.05) is 48.5 Å². The normalized spacial score (nSPS) is 15.0. The summed E-state index contributed by atoms with van der Waals surface area (Å²) < 4.78 is 28.8. The van der Waals surface area contributed by atoms with Gasteiger partial charge < -0.3 is 0 Å². The van der Waals surface area contributed by atoms with Gasteiger partial charge in [-0.3, -0.25) is 0 Å². The Kier molecular flexibility index (Phi) is 3.52. The molecule has 3 nitrogen and oxygen atoms in total. The maximum atomic E-state index is 13.1. The zero-order valence-electron chi connectivity index (χ0n) is 12.2. The van der Waals surface area contributed by atoms with E-state index in [2.05, 4.69) is 15.9 Å². The molecular weight excluding hydrogens is 374 g/mol. The number of halogens is 1. The van der Waals surface area contributed by atoms with E-state index in [4.69, 9.17) is 0 Å². The molecule has 4 rings (SSSR count). The van der Waals surface area contributed by atoms with E-state index in [0.717, 1.165) is 26.4 Å².